The van der Waals surface area contributed by atoms with Crippen LogP contribution in [0.3, 0.4) is 0 Å². The van der Waals surface area contributed by atoms with Crippen LogP contribution in [0.15, 0.2) is 16.7 Å². The number of hydrogen-bond acceptors (Lipinski definition) is 4. The number of rotatable bonds is 1. The van der Waals surface area contributed by atoms with Crippen LogP contribution in [0.5, 0.6) is 0 Å². The van der Waals surface area contributed by atoms with Gasteiger partial charge >= 0.3 is 5.97 Å². The second-order valence-electron chi connectivity index (χ2n) is 3.59. The van der Waals surface area contributed by atoms with Crippen molar-refractivity contribution in [2.24, 2.45) is 5.92 Å². The summed E-state index contributed by atoms with van der Waals surface area (Å²) >= 11 is 0. The van der Waals surface area contributed by atoms with E-state index in [2.05, 4.69) is 4.74 Å². The molecule has 0 saturated carbocycles. The molecule has 1 aliphatic carbocycles. The van der Waals surface area contributed by atoms with E-state index in [-0.39, 0.29) is 5.78 Å². The number of hydrogen-bond donors (Lipinski definition) is 0. The van der Waals surface area contributed by atoms with Crippen molar-refractivity contribution in [3.05, 3.63) is 23.7 Å². The first-order valence-electron chi connectivity index (χ1n) is 4.92. The molecule has 0 bridgehead atoms. The molecule has 1 aromatic rings. The molecule has 0 aromatic carbocycles. The Morgan fingerprint density at radius 3 is 3.13 bits per heavy atom. The molecule has 1 atom stereocenters. The molecule has 1 unspecified atom stereocenters. The van der Waals surface area contributed by atoms with E-state index in [0.717, 1.165) is 6.42 Å². The highest BCUT2D eigenvalue weighted by Gasteiger charge is 2.32. The lowest BCUT2D eigenvalue weighted by atomic mass is 9.97. The second kappa shape index (κ2) is 3.88. The molecule has 4 heteroatoms. The fraction of sp³-hybridized carbons (Fsp3) is 0.455. The van der Waals surface area contributed by atoms with Crippen LogP contribution in [0.1, 0.15) is 29.0 Å². The zero-order valence-electron chi connectivity index (χ0n) is 8.49. The van der Waals surface area contributed by atoms with Crippen molar-refractivity contribution in [3.63, 3.8) is 0 Å². The minimum atomic E-state index is -0.658. The maximum atomic E-state index is 11.9. The molecule has 0 saturated heterocycles. The zero-order valence-corrected chi connectivity index (χ0v) is 8.49. The van der Waals surface area contributed by atoms with Gasteiger partial charge in [-0.15, -0.1) is 0 Å². The van der Waals surface area contributed by atoms with Crippen molar-refractivity contribution in [3.8, 4) is 0 Å². The summed E-state index contributed by atoms with van der Waals surface area (Å²) in [6.45, 7) is 0. The molecule has 80 valence electrons. The molecule has 1 aromatic heterocycles. The van der Waals surface area contributed by atoms with E-state index in [0.29, 0.717) is 24.2 Å². The van der Waals surface area contributed by atoms with E-state index < -0.39 is 11.9 Å². The highest BCUT2D eigenvalue weighted by Crippen LogP contribution is 2.26. The third-order valence-electron chi connectivity index (χ3n) is 2.71. The van der Waals surface area contributed by atoms with E-state index in [4.69, 9.17) is 4.42 Å². The van der Waals surface area contributed by atoms with Gasteiger partial charge in [0.1, 0.15) is 11.7 Å². The quantitative estimate of drug-likeness (QED) is 0.399. The van der Waals surface area contributed by atoms with Gasteiger partial charge in [-0.1, -0.05) is 0 Å². The molecule has 4 nitrogen and oxygen atoms in total. The molecule has 1 heterocycles. The van der Waals surface area contributed by atoms with Gasteiger partial charge in [-0.05, 0) is 18.9 Å². The Morgan fingerprint density at radius 2 is 2.40 bits per heavy atom. The SMILES string of the molecule is COC(=O)C1CCCc2occc2C1=O. The van der Waals surface area contributed by atoms with Crippen LogP contribution in [0.25, 0.3) is 0 Å². The van der Waals surface area contributed by atoms with Crippen LogP contribution in [-0.2, 0) is 16.0 Å². The molecule has 0 spiro atoms. The van der Waals surface area contributed by atoms with Gasteiger partial charge in [0.15, 0.2) is 5.78 Å². The van der Waals surface area contributed by atoms with E-state index >= 15 is 0 Å². The van der Waals surface area contributed by atoms with Crippen LogP contribution in [0.2, 0.25) is 0 Å². The summed E-state index contributed by atoms with van der Waals surface area (Å²) in [4.78, 5) is 23.3. The number of esters is 1. The van der Waals surface area contributed by atoms with Gasteiger partial charge in [-0.2, -0.15) is 0 Å². The van der Waals surface area contributed by atoms with E-state index in [9.17, 15) is 9.59 Å². The highest BCUT2D eigenvalue weighted by molar-refractivity contribution is 6.09. The summed E-state index contributed by atoms with van der Waals surface area (Å²) in [6, 6.07) is 1.62. The van der Waals surface area contributed by atoms with Gasteiger partial charge < -0.3 is 9.15 Å². The predicted octanol–water partition coefficient (Wildman–Crippen LogP) is 1.59. The summed E-state index contributed by atoms with van der Waals surface area (Å²) in [5, 5.41) is 0. The Balaban J connectivity index is 2.32. The zero-order chi connectivity index (χ0) is 10.8. The third kappa shape index (κ3) is 1.67. The molecular weight excluding hydrogens is 196 g/mol. The lowest BCUT2D eigenvalue weighted by Crippen LogP contribution is -2.24. The Hall–Kier alpha value is -1.58. The van der Waals surface area contributed by atoms with E-state index in [1.54, 1.807) is 6.07 Å². The predicted molar refractivity (Wildman–Crippen MR) is 51.5 cm³/mol. The Bertz CT molecular complexity index is 391. The molecule has 0 amide bonds. The number of carbonyl (C=O) groups excluding carboxylic acids is 2. The molecule has 0 aliphatic heterocycles. The summed E-state index contributed by atoms with van der Waals surface area (Å²) in [5.74, 6) is -0.600. The van der Waals surface area contributed by atoms with Crippen molar-refractivity contribution in [1.82, 2.24) is 0 Å². The number of Topliss-reactive ketones (excluding diaryl/α,β-unsaturated/α-hetero) is 1. The monoisotopic (exact) mass is 208 g/mol. The van der Waals surface area contributed by atoms with Crippen LogP contribution in [0, 0.1) is 5.92 Å². The Morgan fingerprint density at radius 1 is 1.60 bits per heavy atom. The lowest BCUT2D eigenvalue weighted by Gasteiger charge is -2.09. The fourth-order valence-corrected chi connectivity index (χ4v) is 1.91. The molecule has 0 N–H and O–H groups in total. The molecule has 2 rings (SSSR count). The van der Waals surface area contributed by atoms with Gasteiger partial charge in [-0.3, -0.25) is 9.59 Å². The summed E-state index contributed by atoms with van der Waals surface area (Å²) in [5.41, 5.74) is 0.530. The molecule has 15 heavy (non-hydrogen) atoms. The van der Waals surface area contributed by atoms with Crippen molar-refractivity contribution in [1.29, 1.82) is 0 Å². The summed E-state index contributed by atoms with van der Waals surface area (Å²) in [6.07, 6.45) is 3.51. The topological polar surface area (TPSA) is 56.5 Å². The van der Waals surface area contributed by atoms with Crippen molar-refractivity contribution in [2.45, 2.75) is 19.3 Å². The first kappa shape index (κ1) is 9.96. The van der Waals surface area contributed by atoms with Crippen LogP contribution < -0.4 is 0 Å². The largest absolute Gasteiger partial charge is 0.469 e. The summed E-state index contributed by atoms with van der Waals surface area (Å²) in [7, 11) is 1.30. The maximum Gasteiger partial charge on any atom is 0.316 e. The number of aryl methyl sites for hydroxylation is 1. The highest BCUT2D eigenvalue weighted by atomic mass is 16.5. The number of carbonyl (C=O) groups is 2. The smallest absolute Gasteiger partial charge is 0.316 e. The number of ether oxygens (including phenoxy) is 1. The minimum Gasteiger partial charge on any atom is -0.469 e. The molecule has 0 radical (unpaired) electrons. The summed E-state index contributed by atoms with van der Waals surface area (Å²) < 4.78 is 9.81. The first-order valence-corrected chi connectivity index (χ1v) is 4.92. The Kier molecular flexibility index (Phi) is 2.58. The number of methoxy groups -OCH3 is 1. The van der Waals surface area contributed by atoms with Crippen LogP contribution in [-0.4, -0.2) is 18.9 Å². The number of fused-ring (bicyclic) bond motifs is 1. The average molecular weight is 208 g/mol. The van der Waals surface area contributed by atoms with Crippen molar-refractivity contribution >= 4 is 11.8 Å². The number of ketones is 1. The average Bonchev–Trinajstić information content (AvgIpc) is 2.65. The molecular formula is C11H12O4. The van der Waals surface area contributed by atoms with Crippen LogP contribution in [0.4, 0.5) is 0 Å². The second-order valence-corrected chi connectivity index (χ2v) is 3.59. The fourth-order valence-electron chi connectivity index (χ4n) is 1.91. The number of furan rings is 1. The Labute approximate surface area is 87.2 Å². The van der Waals surface area contributed by atoms with Crippen molar-refractivity contribution in [2.75, 3.05) is 7.11 Å². The molecule has 0 fully saturated rings. The minimum absolute atomic E-state index is 0.178. The van der Waals surface area contributed by atoms with Crippen LogP contribution >= 0.6 is 0 Å². The first-order chi connectivity index (χ1) is 7.24. The van der Waals surface area contributed by atoms with E-state index in [1.165, 1.54) is 13.4 Å². The normalized spacial score (nSPS) is 20.6. The maximum absolute atomic E-state index is 11.9. The van der Waals surface area contributed by atoms with Gasteiger partial charge in [0.2, 0.25) is 0 Å². The van der Waals surface area contributed by atoms with Gasteiger partial charge in [0.25, 0.3) is 0 Å². The lowest BCUT2D eigenvalue weighted by molar-refractivity contribution is -0.143. The molecule has 1 aliphatic rings. The van der Waals surface area contributed by atoms with Gasteiger partial charge in [-0.25, -0.2) is 0 Å². The van der Waals surface area contributed by atoms with E-state index in [1.807, 2.05) is 0 Å². The van der Waals surface area contributed by atoms with Gasteiger partial charge in [0, 0.05) is 6.42 Å². The standard InChI is InChI=1S/C11H12O4/c1-14-11(13)8-3-2-4-9-7(10(8)12)5-6-15-9/h5-6,8H,2-4H2,1H3. The van der Waals surface area contributed by atoms with Gasteiger partial charge in [0.05, 0.1) is 18.9 Å². The van der Waals surface area contributed by atoms with Crippen molar-refractivity contribution < 1.29 is 18.7 Å². The third-order valence-corrected chi connectivity index (χ3v) is 2.71.